The number of aromatic amines is 1. The van der Waals surface area contributed by atoms with Crippen molar-refractivity contribution >= 4 is 10.8 Å². The molecular formula is C15H10N6. The lowest BCUT2D eigenvalue weighted by molar-refractivity contribution is 0.881. The van der Waals surface area contributed by atoms with Crippen molar-refractivity contribution in [2.75, 3.05) is 0 Å². The minimum Gasteiger partial charge on any atom is -0.177 e. The van der Waals surface area contributed by atoms with E-state index >= 15 is 0 Å². The van der Waals surface area contributed by atoms with Gasteiger partial charge < -0.3 is 0 Å². The van der Waals surface area contributed by atoms with Crippen LogP contribution in [-0.2, 0) is 0 Å². The fourth-order valence-corrected chi connectivity index (χ4v) is 2.34. The van der Waals surface area contributed by atoms with Crippen LogP contribution in [0.4, 0.5) is 0 Å². The highest BCUT2D eigenvalue weighted by atomic mass is 15.5. The molecule has 6 nitrogen and oxygen atoms in total. The van der Waals surface area contributed by atoms with Crippen LogP contribution >= 0.6 is 0 Å². The molecule has 0 bridgehead atoms. The first-order valence-electron chi connectivity index (χ1n) is 6.48. The van der Waals surface area contributed by atoms with Crippen molar-refractivity contribution in [3.05, 3.63) is 54.6 Å². The van der Waals surface area contributed by atoms with Gasteiger partial charge in [0.2, 0.25) is 5.82 Å². The van der Waals surface area contributed by atoms with E-state index in [0.29, 0.717) is 11.5 Å². The van der Waals surface area contributed by atoms with E-state index in [2.05, 4.69) is 30.8 Å². The Kier molecular flexibility index (Phi) is 2.64. The summed E-state index contributed by atoms with van der Waals surface area (Å²) in [6.45, 7) is 0. The summed E-state index contributed by atoms with van der Waals surface area (Å²) in [6.07, 6.45) is 0. The Balaban J connectivity index is 2.02. The van der Waals surface area contributed by atoms with Crippen LogP contribution in [0.5, 0.6) is 0 Å². The molecule has 2 heterocycles. The van der Waals surface area contributed by atoms with Gasteiger partial charge in [-0.25, -0.2) is 0 Å². The lowest BCUT2D eigenvalue weighted by atomic mass is 10.0. The van der Waals surface area contributed by atoms with Gasteiger partial charge in [0.1, 0.15) is 11.4 Å². The largest absolute Gasteiger partial charge is 0.225 e. The highest BCUT2D eigenvalue weighted by Crippen LogP contribution is 2.30. The maximum atomic E-state index is 4.36. The first-order valence-corrected chi connectivity index (χ1v) is 6.48. The monoisotopic (exact) mass is 274 g/mol. The number of tetrazole rings is 1. The third-order valence-electron chi connectivity index (χ3n) is 3.29. The highest BCUT2D eigenvalue weighted by molar-refractivity contribution is 6.00. The van der Waals surface area contributed by atoms with E-state index < -0.39 is 0 Å². The molecule has 1 N–H and O–H groups in total. The van der Waals surface area contributed by atoms with Gasteiger partial charge in [0.15, 0.2) is 0 Å². The predicted molar refractivity (Wildman–Crippen MR) is 78.1 cm³/mol. The van der Waals surface area contributed by atoms with E-state index in [4.69, 9.17) is 0 Å². The number of nitrogens with one attached hydrogen (secondary N) is 1. The second-order valence-electron chi connectivity index (χ2n) is 4.54. The van der Waals surface area contributed by atoms with Crippen molar-refractivity contribution in [1.29, 1.82) is 0 Å². The van der Waals surface area contributed by atoms with E-state index in [-0.39, 0.29) is 0 Å². The SMILES string of the molecule is c1ccc(-c2nnc(-c3nn[nH]n3)c3ccccc23)cc1. The Hall–Kier alpha value is -3.15. The average molecular weight is 274 g/mol. The molecule has 0 radical (unpaired) electrons. The van der Waals surface area contributed by atoms with Crippen LogP contribution in [0.15, 0.2) is 54.6 Å². The Morgan fingerprint density at radius 3 is 2.05 bits per heavy atom. The van der Waals surface area contributed by atoms with Gasteiger partial charge in [0, 0.05) is 16.3 Å². The lowest BCUT2D eigenvalue weighted by Crippen LogP contribution is -1.95. The molecule has 2 aromatic heterocycles. The number of rotatable bonds is 2. The highest BCUT2D eigenvalue weighted by Gasteiger charge is 2.14. The van der Waals surface area contributed by atoms with E-state index in [1.807, 2.05) is 54.6 Å². The molecule has 0 amide bonds. The van der Waals surface area contributed by atoms with Crippen LogP contribution in [0.1, 0.15) is 0 Å². The molecule has 0 aliphatic heterocycles. The lowest BCUT2D eigenvalue weighted by Gasteiger charge is -2.07. The van der Waals surface area contributed by atoms with Crippen molar-refractivity contribution in [1.82, 2.24) is 30.8 Å². The van der Waals surface area contributed by atoms with E-state index in [1.165, 1.54) is 0 Å². The third kappa shape index (κ3) is 1.93. The number of hydrogen-bond acceptors (Lipinski definition) is 5. The zero-order chi connectivity index (χ0) is 14.1. The van der Waals surface area contributed by atoms with Crippen molar-refractivity contribution in [3.8, 4) is 22.8 Å². The smallest absolute Gasteiger partial charge is 0.177 e. The maximum Gasteiger partial charge on any atom is 0.225 e. The molecule has 0 saturated carbocycles. The van der Waals surface area contributed by atoms with Gasteiger partial charge in [0.05, 0.1) is 0 Å². The van der Waals surface area contributed by atoms with Crippen LogP contribution in [0, 0.1) is 0 Å². The first-order chi connectivity index (χ1) is 10.4. The second-order valence-corrected chi connectivity index (χ2v) is 4.54. The van der Waals surface area contributed by atoms with Crippen LogP contribution in [0.2, 0.25) is 0 Å². The van der Waals surface area contributed by atoms with Crippen LogP contribution in [-0.4, -0.2) is 30.8 Å². The number of nitrogens with zero attached hydrogens (tertiary/aromatic N) is 5. The zero-order valence-corrected chi connectivity index (χ0v) is 10.9. The minimum absolute atomic E-state index is 0.443. The van der Waals surface area contributed by atoms with E-state index in [0.717, 1.165) is 22.0 Å². The number of fused-ring (bicyclic) bond motifs is 1. The molecule has 0 atom stereocenters. The first kappa shape index (κ1) is 11.7. The van der Waals surface area contributed by atoms with Gasteiger partial charge >= 0.3 is 0 Å². The third-order valence-corrected chi connectivity index (χ3v) is 3.29. The number of benzene rings is 2. The molecule has 0 fully saturated rings. The molecule has 0 aliphatic carbocycles. The average Bonchev–Trinajstić information content (AvgIpc) is 3.09. The molecule has 100 valence electrons. The summed E-state index contributed by atoms with van der Waals surface area (Å²) < 4.78 is 0. The molecular weight excluding hydrogens is 264 g/mol. The molecule has 0 saturated heterocycles. The summed E-state index contributed by atoms with van der Waals surface area (Å²) in [5, 5.41) is 24.6. The minimum atomic E-state index is 0.443. The van der Waals surface area contributed by atoms with Gasteiger partial charge in [-0.2, -0.15) is 5.21 Å². The summed E-state index contributed by atoms with van der Waals surface area (Å²) in [5.41, 5.74) is 2.50. The zero-order valence-electron chi connectivity index (χ0n) is 10.9. The summed E-state index contributed by atoms with van der Waals surface area (Å²) >= 11 is 0. The summed E-state index contributed by atoms with van der Waals surface area (Å²) in [4.78, 5) is 0. The van der Waals surface area contributed by atoms with E-state index in [9.17, 15) is 0 Å². The van der Waals surface area contributed by atoms with E-state index in [1.54, 1.807) is 0 Å². The molecule has 6 heteroatoms. The van der Waals surface area contributed by atoms with Gasteiger partial charge in [-0.3, -0.25) is 0 Å². The molecule has 4 rings (SSSR count). The topological polar surface area (TPSA) is 80.2 Å². The van der Waals surface area contributed by atoms with Crippen molar-refractivity contribution in [2.45, 2.75) is 0 Å². The van der Waals surface area contributed by atoms with Gasteiger partial charge in [0.25, 0.3) is 0 Å². The van der Waals surface area contributed by atoms with Gasteiger partial charge in [-0.05, 0) is 5.21 Å². The fourth-order valence-electron chi connectivity index (χ4n) is 2.34. The van der Waals surface area contributed by atoms with Gasteiger partial charge in [-0.15, -0.1) is 20.4 Å². The molecule has 2 aromatic carbocycles. The Morgan fingerprint density at radius 1 is 0.667 bits per heavy atom. The van der Waals surface area contributed by atoms with Crippen LogP contribution in [0.3, 0.4) is 0 Å². The number of hydrogen-bond donors (Lipinski definition) is 1. The standard InChI is InChI=1S/C15H10N6/c1-2-6-10(7-3-1)13-11-8-4-5-9-12(11)14(17-16-13)15-18-20-21-19-15/h1-9H,(H,18,19,20,21). The normalized spacial score (nSPS) is 10.9. The maximum absolute atomic E-state index is 4.36. The molecule has 4 aromatic rings. The molecule has 0 aliphatic rings. The Morgan fingerprint density at radius 2 is 1.33 bits per heavy atom. The quantitative estimate of drug-likeness (QED) is 0.607. The number of H-pyrrole nitrogens is 1. The predicted octanol–water partition coefficient (Wildman–Crippen LogP) is 2.48. The Bertz CT molecular complexity index is 887. The molecule has 0 spiro atoms. The van der Waals surface area contributed by atoms with Crippen molar-refractivity contribution in [3.63, 3.8) is 0 Å². The Labute approximate surface area is 119 Å². The second kappa shape index (κ2) is 4.75. The van der Waals surface area contributed by atoms with Gasteiger partial charge in [-0.1, -0.05) is 54.6 Å². The van der Waals surface area contributed by atoms with Crippen LogP contribution < -0.4 is 0 Å². The number of aromatic nitrogens is 6. The fraction of sp³-hybridized carbons (Fsp3) is 0. The summed E-state index contributed by atoms with van der Waals surface area (Å²) in [7, 11) is 0. The molecule has 0 unspecified atom stereocenters. The van der Waals surface area contributed by atoms with Crippen LogP contribution in [0.25, 0.3) is 33.5 Å². The summed E-state index contributed by atoms with van der Waals surface area (Å²) in [6, 6.07) is 17.9. The van der Waals surface area contributed by atoms with Crippen molar-refractivity contribution < 1.29 is 0 Å². The molecule has 21 heavy (non-hydrogen) atoms. The van der Waals surface area contributed by atoms with Crippen molar-refractivity contribution in [2.24, 2.45) is 0 Å². The summed E-state index contributed by atoms with van der Waals surface area (Å²) in [5.74, 6) is 0.443.